The highest BCUT2D eigenvalue weighted by atomic mass is 19.1. The lowest BCUT2D eigenvalue weighted by Crippen LogP contribution is -2.40. The predicted octanol–water partition coefficient (Wildman–Crippen LogP) is 2.00. The van der Waals surface area contributed by atoms with E-state index in [1.54, 1.807) is 26.0 Å². The van der Waals surface area contributed by atoms with Gasteiger partial charge in [0.2, 0.25) is 5.91 Å². The lowest BCUT2D eigenvalue weighted by Gasteiger charge is -2.12. The van der Waals surface area contributed by atoms with Gasteiger partial charge in [-0.3, -0.25) is 4.79 Å². The molecule has 1 aliphatic rings. The van der Waals surface area contributed by atoms with Gasteiger partial charge in [-0.1, -0.05) is 12.1 Å². The van der Waals surface area contributed by atoms with E-state index in [4.69, 9.17) is 4.74 Å². The Morgan fingerprint density at radius 2 is 2.05 bits per heavy atom. The molecule has 0 aromatic heterocycles. The molecule has 1 aliphatic carbocycles. The number of hydrogen-bond acceptors (Lipinski definition) is 3. The molecule has 108 valence electrons. The smallest absolute Gasteiger partial charge is 0.328 e. The minimum Gasteiger partial charge on any atom is -0.464 e. The minimum atomic E-state index is -0.642. The second-order valence-corrected chi connectivity index (χ2v) is 4.98. The zero-order chi connectivity index (χ0) is 14.7. The van der Waals surface area contributed by atoms with Crippen LogP contribution in [0, 0.1) is 11.7 Å². The number of nitrogens with one attached hydrogen (secondary N) is 1. The first-order valence-electron chi connectivity index (χ1n) is 6.75. The minimum absolute atomic E-state index is 0.116. The van der Waals surface area contributed by atoms with Crippen LogP contribution in [0.15, 0.2) is 24.3 Å². The number of hydrogen-bond donors (Lipinski definition) is 1. The average Bonchev–Trinajstić information content (AvgIpc) is 3.20. The number of carbonyl (C=O) groups excluding carboxylic acids is 2. The lowest BCUT2D eigenvalue weighted by atomic mass is 10.1. The number of rotatable bonds is 5. The van der Waals surface area contributed by atoms with Crippen molar-refractivity contribution in [1.29, 1.82) is 0 Å². The van der Waals surface area contributed by atoms with Gasteiger partial charge in [0.1, 0.15) is 11.9 Å². The van der Waals surface area contributed by atoms with Crippen molar-refractivity contribution >= 4 is 11.9 Å². The van der Waals surface area contributed by atoms with Crippen LogP contribution in [-0.2, 0) is 14.3 Å². The van der Waals surface area contributed by atoms with Crippen LogP contribution in [-0.4, -0.2) is 24.5 Å². The zero-order valence-electron chi connectivity index (χ0n) is 11.6. The van der Waals surface area contributed by atoms with Crippen LogP contribution < -0.4 is 5.32 Å². The Balaban J connectivity index is 1.87. The molecular formula is C15H18FNO3. The fraction of sp³-hybridized carbons (Fsp3) is 0.467. The van der Waals surface area contributed by atoms with Crippen LogP contribution in [0.25, 0.3) is 0 Å². The molecule has 0 heterocycles. The van der Waals surface area contributed by atoms with Crippen LogP contribution in [0.3, 0.4) is 0 Å². The Morgan fingerprint density at radius 3 is 2.65 bits per heavy atom. The van der Waals surface area contributed by atoms with Crippen molar-refractivity contribution in [2.45, 2.75) is 32.2 Å². The summed E-state index contributed by atoms with van der Waals surface area (Å²) >= 11 is 0. The first-order chi connectivity index (χ1) is 9.52. The molecule has 5 heteroatoms. The molecule has 1 saturated carbocycles. The van der Waals surface area contributed by atoms with Crippen molar-refractivity contribution in [2.24, 2.45) is 5.92 Å². The monoisotopic (exact) mass is 279 g/mol. The number of halogens is 1. The molecule has 3 atom stereocenters. The zero-order valence-corrected chi connectivity index (χ0v) is 11.6. The number of carbonyl (C=O) groups is 2. The SMILES string of the molecule is CCOC(=O)C(C)NC(=O)C1CC1c1ccc(F)cc1. The Morgan fingerprint density at radius 1 is 1.40 bits per heavy atom. The van der Waals surface area contributed by atoms with Crippen molar-refractivity contribution in [3.8, 4) is 0 Å². The van der Waals surface area contributed by atoms with Crippen LogP contribution >= 0.6 is 0 Å². The largest absolute Gasteiger partial charge is 0.464 e. The Kier molecular flexibility index (Phi) is 4.37. The Hall–Kier alpha value is -1.91. The Labute approximate surface area is 117 Å². The van der Waals surface area contributed by atoms with Crippen LogP contribution in [0.4, 0.5) is 4.39 Å². The third-order valence-corrected chi connectivity index (χ3v) is 3.42. The standard InChI is InChI=1S/C15H18FNO3/c1-3-20-15(19)9(2)17-14(18)13-8-12(13)10-4-6-11(16)7-5-10/h4-7,9,12-13H,3,8H2,1-2H3,(H,17,18). The quantitative estimate of drug-likeness (QED) is 0.839. The van der Waals surface area contributed by atoms with Crippen LogP contribution in [0.5, 0.6) is 0 Å². The van der Waals surface area contributed by atoms with Gasteiger partial charge in [-0.2, -0.15) is 0 Å². The van der Waals surface area contributed by atoms with Gasteiger partial charge in [-0.05, 0) is 43.9 Å². The summed E-state index contributed by atoms with van der Waals surface area (Å²) in [6.07, 6.45) is 0.729. The second-order valence-electron chi connectivity index (χ2n) is 4.98. The molecule has 1 N–H and O–H groups in total. The van der Waals surface area contributed by atoms with E-state index >= 15 is 0 Å². The molecule has 1 aromatic rings. The fourth-order valence-electron chi connectivity index (χ4n) is 2.21. The van der Waals surface area contributed by atoms with Gasteiger partial charge in [0.05, 0.1) is 6.61 Å². The number of esters is 1. The first kappa shape index (κ1) is 14.5. The average molecular weight is 279 g/mol. The molecule has 0 bridgehead atoms. The van der Waals surface area contributed by atoms with E-state index in [1.807, 2.05) is 0 Å². The molecule has 0 aliphatic heterocycles. The fourth-order valence-corrected chi connectivity index (χ4v) is 2.21. The summed E-state index contributed by atoms with van der Waals surface area (Å²) in [6.45, 7) is 3.61. The van der Waals surface area contributed by atoms with E-state index < -0.39 is 12.0 Å². The summed E-state index contributed by atoms with van der Waals surface area (Å²) < 4.78 is 17.7. The summed E-state index contributed by atoms with van der Waals surface area (Å²) in [4.78, 5) is 23.4. The van der Waals surface area contributed by atoms with E-state index in [9.17, 15) is 14.0 Å². The molecule has 4 nitrogen and oxygen atoms in total. The van der Waals surface area contributed by atoms with Gasteiger partial charge in [-0.15, -0.1) is 0 Å². The highest BCUT2D eigenvalue weighted by Crippen LogP contribution is 2.47. The number of amides is 1. The van der Waals surface area contributed by atoms with Crippen molar-refractivity contribution in [1.82, 2.24) is 5.32 Å². The maximum absolute atomic E-state index is 12.8. The van der Waals surface area contributed by atoms with E-state index in [0.717, 1.165) is 12.0 Å². The lowest BCUT2D eigenvalue weighted by molar-refractivity contribution is -0.147. The van der Waals surface area contributed by atoms with Gasteiger partial charge in [-0.25, -0.2) is 9.18 Å². The molecule has 2 rings (SSSR count). The summed E-state index contributed by atoms with van der Waals surface area (Å²) in [5.74, 6) is -0.895. The van der Waals surface area contributed by atoms with E-state index in [1.165, 1.54) is 12.1 Å². The van der Waals surface area contributed by atoms with E-state index in [0.29, 0.717) is 6.61 Å². The molecule has 3 unspecified atom stereocenters. The maximum Gasteiger partial charge on any atom is 0.328 e. The maximum atomic E-state index is 12.8. The third-order valence-electron chi connectivity index (χ3n) is 3.42. The third kappa shape index (κ3) is 3.35. The van der Waals surface area contributed by atoms with Gasteiger partial charge >= 0.3 is 5.97 Å². The van der Waals surface area contributed by atoms with Gasteiger partial charge < -0.3 is 10.1 Å². The Bertz CT molecular complexity index is 500. The van der Waals surface area contributed by atoms with Crippen molar-refractivity contribution < 1.29 is 18.7 Å². The van der Waals surface area contributed by atoms with Crippen molar-refractivity contribution in [2.75, 3.05) is 6.61 Å². The highest BCUT2D eigenvalue weighted by molar-refractivity contribution is 5.87. The number of ether oxygens (including phenoxy) is 1. The van der Waals surface area contributed by atoms with Crippen LogP contribution in [0.1, 0.15) is 31.7 Å². The summed E-state index contributed by atoms with van der Waals surface area (Å²) in [6, 6.07) is 5.54. The normalized spacial score (nSPS) is 21.9. The highest BCUT2D eigenvalue weighted by Gasteiger charge is 2.44. The molecule has 1 fully saturated rings. The molecule has 20 heavy (non-hydrogen) atoms. The summed E-state index contributed by atoms with van der Waals surface area (Å²) in [5, 5.41) is 2.65. The number of benzene rings is 1. The molecule has 0 radical (unpaired) electrons. The summed E-state index contributed by atoms with van der Waals surface area (Å²) in [7, 11) is 0. The molecule has 0 spiro atoms. The van der Waals surface area contributed by atoms with E-state index in [-0.39, 0.29) is 23.6 Å². The van der Waals surface area contributed by atoms with Gasteiger partial charge in [0.15, 0.2) is 0 Å². The summed E-state index contributed by atoms with van der Waals surface area (Å²) in [5.41, 5.74) is 0.954. The van der Waals surface area contributed by atoms with Crippen molar-refractivity contribution in [3.05, 3.63) is 35.6 Å². The first-order valence-corrected chi connectivity index (χ1v) is 6.75. The second kappa shape index (κ2) is 6.03. The molecule has 0 saturated heterocycles. The van der Waals surface area contributed by atoms with Crippen LogP contribution in [0.2, 0.25) is 0 Å². The van der Waals surface area contributed by atoms with Gasteiger partial charge in [0.25, 0.3) is 0 Å². The topological polar surface area (TPSA) is 55.4 Å². The predicted molar refractivity (Wildman–Crippen MR) is 71.5 cm³/mol. The molecule has 1 aromatic carbocycles. The van der Waals surface area contributed by atoms with Crippen molar-refractivity contribution in [3.63, 3.8) is 0 Å². The van der Waals surface area contributed by atoms with E-state index in [2.05, 4.69) is 5.32 Å². The molecular weight excluding hydrogens is 261 g/mol. The molecule has 1 amide bonds. The van der Waals surface area contributed by atoms with Gasteiger partial charge in [0, 0.05) is 5.92 Å².